The number of hydrogen-bond donors (Lipinski definition) is 2. The molecule has 0 bridgehead atoms. The number of hydrogen-bond acceptors (Lipinski definition) is 3. The van der Waals surface area contributed by atoms with E-state index in [0.29, 0.717) is 10.4 Å². The average molecular weight is 262 g/mol. The molecular weight excluding hydrogens is 250 g/mol. The van der Waals surface area contributed by atoms with Gasteiger partial charge in [-0.25, -0.2) is 0 Å². The zero-order valence-electron chi connectivity index (χ0n) is 7.95. The molecule has 0 radical (unpaired) electrons. The smallest absolute Gasteiger partial charge is 0.311 e. The summed E-state index contributed by atoms with van der Waals surface area (Å²) in [4.78, 5) is 10.9. The van der Waals surface area contributed by atoms with Crippen LogP contribution >= 0.6 is 15.9 Å². The summed E-state index contributed by atoms with van der Waals surface area (Å²) in [5.74, 6) is -0.484. The highest BCUT2D eigenvalue weighted by Crippen LogP contribution is 2.33. The second-order valence-corrected chi connectivity index (χ2v) is 4.43. The molecule has 4 nitrogen and oxygen atoms in total. The lowest BCUT2D eigenvalue weighted by atomic mass is 9.84. The Bertz CT molecular complexity index is 346. The van der Waals surface area contributed by atoms with Crippen LogP contribution in [-0.4, -0.2) is 11.1 Å². The Morgan fingerprint density at radius 3 is 2.57 bits per heavy atom. The van der Waals surface area contributed by atoms with Crippen LogP contribution in [0.1, 0.15) is 25.6 Å². The number of rotatable bonds is 3. The van der Waals surface area contributed by atoms with Crippen molar-refractivity contribution in [2.75, 3.05) is 0 Å². The van der Waals surface area contributed by atoms with Gasteiger partial charge in [-0.2, -0.15) is 0 Å². The van der Waals surface area contributed by atoms with Crippen molar-refractivity contribution in [1.82, 2.24) is 0 Å². The fourth-order valence-electron chi connectivity index (χ4n) is 0.984. The molecule has 1 aromatic rings. The third-order valence-corrected chi connectivity index (χ3v) is 2.66. The van der Waals surface area contributed by atoms with Crippen LogP contribution in [0.15, 0.2) is 21.2 Å². The van der Waals surface area contributed by atoms with Crippen molar-refractivity contribution < 1.29 is 14.3 Å². The van der Waals surface area contributed by atoms with E-state index in [0.717, 1.165) is 0 Å². The number of carbonyl (C=O) groups is 1. The van der Waals surface area contributed by atoms with Gasteiger partial charge in [0, 0.05) is 0 Å². The first kappa shape index (κ1) is 11.3. The minimum absolute atomic E-state index is 0.462. The first-order chi connectivity index (χ1) is 6.35. The molecule has 1 aromatic heterocycles. The molecule has 0 amide bonds. The minimum atomic E-state index is -1.04. The minimum Gasteiger partial charge on any atom is -0.481 e. The van der Waals surface area contributed by atoms with Crippen molar-refractivity contribution in [3.8, 4) is 0 Å². The Morgan fingerprint density at radius 2 is 2.21 bits per heavy atom. The Balaban J connectivity index is 2.95. The molecule has 3 N–H and O–H groups in total. The molecule has 0 aliphatic heterocycles. The molecule has 0 aliphatic rings. The fraction of sp³-hybridized carbons (Fsp3) is 0.444. The number of nitrogens with two attached hydrogens (primary N) is 1. The normalized spacial score (nSPS) is 14.0. The van der Waals surface area contributed by atoms with E-state index in [2.05, 4.69) is 15.9 Å². The van der Waals surface area contributed by atoms with Gasteiger partial charge in [0.25, 0.3) is 0 Å². The number of aliphatic carboxylic acids is 1. The van der Waals surface area contributed by atoms with Gasteiger partial charge >= 0.3 is 5.97 Å². The Kier molecular flexibility index (Phi) is 3.01. The Hall–Kier alpha value is -0.810. The molecule has 0 fully saturated rings. The standard InChI is InChI=1S/C9H12BrNO3/c1-9(2,8(12)13)7(11)5-3-4-6(10)14-5/h3-4,7H,11H2,1-2H3,(H,12,13). The van der Waals surface area contributed by atoms with E-state index in [1.807, 2.05) is 0 Å². The lowest BCUT2D eigenvalue weighted by Crippen LogP contribution is -2.36. The summed E-state index contributed by atoms with van der Waals surface area (Å²) in [7, 11) is 0. The fourth-order valence-corrected chi connectivity index (χ4v) is 1.30. The zero-order chi connectivity index (χ0) is 10.9. The van der Waals surface area contributed by atoms with Gasteiger partial charge in [-0.1, -0.05) is 0 Å². The van der Waals surface area contributed by atoms with Gasteiger partial charge in [0.05, 0.1) is 11.5 Å². The second kappa shape index (κ2) is 3.74. The monoisotopic (exact) mass is 261 g/mol. The van der Waals surface area contributed by atoms with Gasteiger partial charge in [0.15, 0.2) is 4.67 Å². The molecule has 0 saturated heterocycles. The van der Waals surface area contributed by atoms with Gasteiger partial charge in [-0.05, 0) is 41.9 Å². The summed E-state index contributed by atoms with van der Waals surface area (Å²) in [5.41, 5.74) is 4.75. The first-order valence-electron chi connectivity index (χ1n) is 4.10. The largest absolute Gasteiger partial charge is 0.481 e. The van der Waals surface area contributed by atoms with E-state index in [1.165, 1.54) is 0 Å². The van der Waals surface area contributed by atoms with E-state index in [4.69, 9.17) is 15.3 Å². The molecule has 5 heteroatoms. The van der Waals surface area contributed by atoms with Gasteiger partial charge in [0.2, 0.25) is 0 Å². The van der Waals surface area contributed by atoms with E-state index in [-0.39, 0.29) is 0 Å². The summed E-state index contributed by atoms with van der Waals surface area (Å²) in [6.07, 6.45) is 0. The van der Waals surface area contributed by atoms with E-state index >= 15 is 0 Å². The van der Waals surface area contributed by atoms with Crippen LogP contribution in [0, 0.1) is 5.41 Å². The van der Waals surface area contributed by atoms with E-state index in [1.54, 1.807) is 26.0 Å². The van der Waals surface area contributed by atoms with Crippen molar-refractivity contribution in [2.45, 2.75) is 19.9 Å². The maximum absolute atomic E-state index is 10.9. The third-order valence-electron chi connectivity index (χ3n) is 2.23. The highest BCUT2D eigenvalue weighted by Gasteiger charge is 2.37. The molecule has 0 saturated carbocycles. The summed E-state index contributed by atoms with van der Waals surface area (Å²) >= 11 is 3.13. The van der Waals surface area contributed by atoms with Crippen molar-refractivity contribution >= 4 is 21.9 Å². The summed E-state index contributed by atoms with van der Waals surface area (Å²) in [6, 6.07) is 2.69. The Morgan fingerprint density at radius 1 is 1.64 bits per heavy atom. The number of carboxylic acids is 1. The molecule has 0 spiro atoms. The molecule has 14 heavy (non-hydrogen) atoms. The van der Waals surface area contributed by atoms with Crippen molar-refractivity contribution in [2.24, 2.45) is 11.1 Å². The predicted molar refractivity (Wildman–Crippen MR) is 54.8 cm³/mol. The van der Waals surface area contributed by atoms with Gasteiger partial charge < -0.3 is 15.3 Å². The molecule has 1 unspecified atom stereocenters. The van der Waals surface area contributed by atoms with E-state index in [9.17, 15) is 4.79 Å². The average Bonchev–Trinajstić information content (AvgIpc) is 2.50. The van der Waals surface area contributed by atoms with Gasteiger partial charge in [0.1, 0.15) is 5.76 Å². The van der Waals surface area contributed by atoms with Crippen LogP contribution in [-0.2, 0) is 4.79 Å². The number of halogens is 1. The summed E-state index contributed by atoms with van der Waals surface area (Å²) in [5, 5.41) is 8.95. The summed E-state index contributed by atoms with van der Waals surface area (Å²) in [6.45, 7) is 3.13. The highest BCUT2D eigenvalue weighted by molar-refractivity contribution is 9.10. The molecule has 1 heterocycles. The summed E-state index contributed by atoms with van der Waals surface area (Å²) < 4.78 is 5.76. The number of furan rings is 1. The van der Waals surface area contributed by atoms with Crippen molar-refractivity contribution in [3.63, 3.8) is 0 Å². The van der Waals surface area contributed by atoms with Crippen LogP contribution < -0.4 is 5.73 Å². The Labute approximate surface area is 90.2 Å². The van der Waals surface area contributed by atoms with Crippen molar-refractivity contribution in [1.29, 1.82) is 0 Å². The zero-order valence-corrected chi connectivity index (χ0v) is 9.54. The van der Waals surface area contributed by atoms with Gasteiger partial charge in [-0.3, -0.25) is 4.79 Å². The van der Waals surface area contributed by atoms with Crippen LogP contribution in [0.3, 0.4) is 0 Å². The number of carboxylic acid groups (broad SMARTS) is 1. The molecule has 0 aliphatic carbocycles. The predicted octanol–water partition coefficient (Wildman–Crippen LogP) is 2.15. The quantitative estimate of drug-likeness (QED) is 0.875. The van der Waals surface area contributed by atoms with Crippen LogP contribution in [0.5, 0.6) is 0 Å². The second-order valence-electron chi connectivity index (χ2n) is 3.65. The molecule has 78 valence electrons. The lowest BCUT2D eigenvalue weighted by molar-refractivity contribution is -0.148. The van der Waals surface area contributed by atoms with Crippen LogP contribution in [0.2, 0.25) is 0 Å². The lowest BCUT2D eigenvalue weighted by Gasteiger charge is -2.24. The van der Waals surface area contributed by atoms with Gasteiger partial charge in [-0.15, -0.1) is 0 Å². The van der Waals surface area contributed by atoms with Crippen LogP contribution in [0.4, 0.5) is 0 Å². The molecular formula is C9H12BrNO3. The first-order valence-corrected chi connectivity index (χ1v) is 4.89. The topological polar surface area (TPSA) is 76.5 Å². The maximum Gasteiger partial charge on any atom is 0.311 e. The van der Waals surface area contributed by atoms with Crippen LogP contribution in [0.25, 0.3) is 0 Å². The molecule has 1 rings (SSSR count). The molecule has 0 aromatic carbocycles. The maximum atomic E-state index is 10.9. The van der Waals surface area contributed by atoms with Crippen molar-refractivity contribution in [3.05, 3.63) is 22.6 Å². The third kappa shape index (κ3) is 1.99. The van der Waals surface area contributed by atoms with E-state index < -0.39 is 17.4 Å². The molecule has 1 atom stereocenters. The SMILES string of the molecule is CC(C)(C(=O)O)C(N)c1ccc(Br)o1. The highest BCUT2D eigenvalue weighted by atomic mass is 79.9.